The molecule has 2 heterocycles. The molecule has 0 aromatic carbocycles. The second kappa shape index (κ2) is 10.5. The first-order chi connectivity index (χ1) is 9.54. The molecule has 0 aliphatic heterocycles. The van der Waals surface area contributed by atoms with Crippen LogP contribution in [0.25, 0.3) is 0 Å². The van der Waals surface area contributed by atoms with Crippen LogP contribution in [-0.2, 0) is 14.1 Å². The number of hydrogen-bond donors (Lipinski definition) is 2. The predicted octanol–water partition coefficient (Wildman–Crippen LogP) is 2.16. The van der Waals surface area contributed by atoms with Gasteiger partial charge in [-0.3, -0.25) is 9.36 Å². The molecule has 0 bridgehead atoms. The second-order valence-corrected chi connectivity index (χ2v) is 5.84. The Labute approximate surface area is 167 Å². The third-order valence-corrected chi connectivity index (χ3v) is 3.91. The molecule has 2 aliphatic carbocycles. The molecule has 24 heavy (non-hydrogen) atoms. The highest BCUT2D eigenvalue weighted by atomic mass is 35.5. The van der Waals surface area contributed by atoms with E-state index in [9.17, 15) is 0 Å². The van der Waals surface area contributed by atoms with E-state index < -0.39 is 0 Å². The van der Waals surface area contributed by atoms with Crippen molar-refractivity contribution in [3.05, 3.63) is 35.9 Å². The van der Waals surface area contributed by atoms with Crippen LogP contribution < -0.4 is 11.5 Å². The molecule has 140 valence electrons. The summed E-state index contributed by atoms with van der Waals surface area (Å²) in [4.78, 5) is 0. The Morgan fingerprint density at radius 2 is 1.08 bits per heavy atom. The Hall–Kier alpha value is -0.500. The van der Waals surface area contributed by atoms with E-state index in [1.165, 1.54) is 0 Å². The van der Waals surface area contributed by atoms with Gasteiger partial charge in [0.05, 0.1) is 11.4 Å². The van der Waals surface area contributed by atoms with Gasteiger partial charge in [-0.05, 0) is 25.0 Å². The summed E-state index contributed by atoms with van der Waals surface area (Å²) in [6.45, 7) is 0. The fourth-order valence-electron chi connectivity index (χ4n) is 2.37. The van der Waals surface area contributed by atoms with Crippen LogP contribution in [0.1, 0.15) is 36.1 Å². The summed E-state index contributed by atoms with van der Waals surface area (Å²) in [6, 6.07) is 4.82. The van der Waals surface area contributed by atoms with Crippen LogP contribution in [0, 0.1) is 0 Å². The molecule has 2 fully saturated rings. The van der Waals surface area contributed by atoms with E-state index in [2.05, 4.69) is 10.2 Å². The van der Waals surface area contributed by atoms with E-state index in [4.69, 9.17) is 11.5 Å². The van der Waals surface area contributed by atoms with Gasteiger partial charge in [-0.1, -0.05) is 0 Å². The van der Waals surface area contributed by atoms with Gasteiger partial charge >= 0.3 is 0 Å². The van der Waals surface area contributed by atoms with Crippen molar-refractivity contribution in [1.29, 1.82) is 0 Å². The van der Waals surface area contributed by atoms with Gasteiger partial charge in [0.2, 0.25) is 0 Å². The fourth-order valence-corrected chi connectivity index (χ4v) is 2.37. The van der Waals surface area contributed by atoms with Crippen molar-refractivity contribution >= 4 is 49.6 Å². The highest BCUT2D eigenvalue weighted by molar-refractivity contribution is 5.86. The minimum Gasteiger partial charge on any atom is -0.327 e. The molecule has 0 spiro atoms. The van der Waals surface area contributed by atoms with Gasteiger partial charge in [-0.2, -0.15) is 10.2 Å². The van der Waals surface area contributed by atoms with Gasteiger partial charge < -0.3 is 11.5 Å². The quantitative estimate of drug-likeness (QED) is 0.780. The van der Waals surface area contributed by atoms with Crippen molar-refractivity contribution < 1.29 is 0 Å². The van der Waals surface area contributed by atoms with E-state index >= 15 is 0 Å². The number of hydrogen-bond acceptors (Lipinski definition) is 4. The lowest BCUT2D eigenvalue weighted by Crippen LogP contribution is -2.01. The lowest BCUT2D eigenvalue weighted by molar-refractivity contribution is 0.740. The zero-order valence-electron chi connectivity index (χ0n) is 13.6. The van der Waals surface area contributed by atoms with Crippen molar-refractivity contribution in [2.75, 3.05) is 0 Å². The van der Waals surface area contributed by atoms with Crippen LogP contribution in [0.2, 0.25) is 0 Å². The first-order valence-electron chi connectivity index (χ1n) is 7.05. The summed E-state index contributed by atoms with van der Waals surface area (Å²) in [5.41, 5.74) is 13.6. The molecule has 4 atom stereocenters. The maximum atomic E-state index is 5.66. The third-order valence-electron chi connectivity index (χ3n) is 3.91. The number of nitrogens with two attached hydrogens (primary N) is 2. The smallest absolute Gasteiger partial charge is 0.0671 e. The Bertz CT molecular complexity index is 549. The molecule has 6 nitrogen and oxygen atoms in total. The highest BCUT2D eigenvalue weighted by Gasteiger charge is 2.37. The van der Waals surface area contributed by atoms with Crippen molar-refractivity contribution in [3.63, 3.8) is 0 Å². The Kier molecular flexibility index (Phi) is 11.2. The first kappa shape index (κ1) is 25.7. The van der Waals surface area contributed by atoms with Gasteiger partial charge in [-0.15, -0.1) is 49.6 Å². The summed E-state index contributed by atoms with van der Waals surface area (Å²) in [7, 11) is 3.86. The van der Waals surface area contributed by atoms with Crippen molar-refractivity contribution in [2.45, 2.75) is 36.8 Å². The van der Waals surface area contributed by atoms with Crippen LogP contribution in [0.15, 0.2) is 24.5 Å². The molecule has 0 radical (unpaired) electrons. The second-order valence-electron chi connectivity index (χ2n) is 5.84. The highest BCUT2D eigenvalue weighted by Crippen LogP contribution is 2.38. The van der Waals surface area contributed by atoms with E-state index in [1.807, 2.05) is 48.0 Å². The third kappa shape index (κ3) is 6.43. The van der Waals surface area contributed by atoms with Gasteiger partial charge in [-0.25, -0.2) is 0 Å². The average Bonchev–Trinajstić information content (AvgIpc) is 3.19. The van der Waals surface area contributed by atoms with Crippen molar-refractivity contribution in [2.24, 2.45) is 25.6 Å². The number of aryl methyl sites for hydroxylation is 2. The monoisotopic (exact) mass is 418 g/mol. The normalized spacial score (nSPS) is 25.5. The number of halogens is 4. The minimum absolute atomic E-state index is 0. The molecule has 4 N–H and O–H groups in total. The van der Waals surface area contributed by atoms with E-state index in [0.29, 0.717) is 23.9 Å². The fraction of sp³-hybridized carbons (Fsp3) is 0.571. The average molecular weight is 420 g/mol. The van der Waals surface area contributed by atoms with Crippen molar-refractivity contribution in [3.8, 4) is 0 Å². The summed E-state index contributed by atoms with van der Waals surface area (Å²) in [5, 5.41) is 8.52. The minimum atomic E-state index is 0. The summed E-state index contributed by atoms with van der Waals surface area (Å²) < 4.78 is 3.64. The van der Waals surface area contributed by atoms with Crippen LogP contribution >= 0.6 is 49.6 Å². The molecule has 2 aliphatic rings. The van der Waals surface area contributed by atoms with Crippen LogP contribution in [0.5, 0.6) is 0 Å². The zero-order chi connectivity index (χ0) is 14.3. The molecule has 2 aromatic heterocycles. The predicted molar refractivity (Wildman–Crippen MR) is 106 cm³/mol. The summed E-state index contributed by atoms with van der Waals surface area (Å²) in [6.07, 6.45) is 6.13. The van der Waals surface area contributed by atoms with Crippen LogP contribution in [-0.4, -0.2) is 31.6 Å². The van der Waals surface area contributed by atoms with Gasteiger partial charge in [0.1, 0.15) is 0 Å². The summed E-state index contributed by atoms with van der Waals surface area (Å²) >= 11 is 0. The van der Waals surface area contributed by atoms with Crippen LogP contribution in [0.3, 0.4) is 0 Å². The lowest BCUT2D eigenvalue weighted by atomic mass is 10.3. The Morgan fingerprint density at radius 1 is 0.792 bits per heavy atom. The molecule has 2 aromatic rings. The molecule has 2 saturated carbocycles. The standard InChI is InChI=1S/2C7H11N3.4ClH/c2*1-10-3-2-7(9-10)5-4-6(5)8;;;;/h2*2-3,5-6H,4,8H2,1H3;4*1H/t2*5-,6-;;;;/m10..../s1. The van der Waals surface area contributed by atoms with E-state index in [1.54, 1.807) is 0 Å². The van der Waals surface area contributed by atoms with Gasteiger partial charge in [0.15, 0.2) is 0 Å². The topological polar surface area (TPSA) is 87.7 Å². The molecule has 4 rings (SSSR count). The molecule has 10 heteroatoms. The van der Waals surface area contributed by atoms with Gasteiger partial charge in [0, 0.05) is 50.4 Å². The molecule has 0 amide bonds. The number of aromatic nitrogens is 4. The Balaban J connectivity index is 0. The zero-order valence-corrected chi connectivity index (χ0v) is 16.9. The van der Waals surface area contributed by atoms with Crippen molar-refractivity contribution in [1.82, 2.24) is 19.6 Å². The first-order valence-corrected chi connectivity index (χ1v) is 7.05. The number of rotatable bonds is 2. The molecular weight excluding hydrogens is 394 g/mol. The molecule has 0 unspecified atom stereocenters. The lowest BCUT2D eigenvalue weighted by Gasteiger charge is -1.88. The summed E-state index contributed by atoms with van der Waals surface area (Å²) in [5.74, 6) is 1.09. The van der Waals surface area contributed by atoms with E-state index in [0.717, 1.165) is 24.2 Å². The van der Waals surface area contributed by atoms with E-state index in [-0.39, 0.29) is 49.6 Å². The molecular formula is C14H26Cl4N6. The number of nitrogens with zero attached hydrogens (tertiary/aromatic N) is 4. The van der Waals surface area contributed by atoms with Gasteiger partial charge in [0.25, 0.3) is 0 Å². The maximum absolute atomic E-state index is 5.66. The SMILES string of the molecule is Cl.Cl.Cl.Cl.Cn1ccc([C@@H]2C[C@H]2N)n1.Cn1ccc([C@H]2C[C@@H]2N)n1. The largest absolute Gasteiger partial charge is 0.327 e. The Morgan fingerprint density at radius 3 is 1.25 bits per heavy atom. The van der Waals surface area contributed by atoms with Crippen LogP contribution in [0.4, 0.5) is 0 Å². The molecule has 0 saturated heterocycles. The maximum Gasteiger partial charge on any atom is 0.0671 e.